The number of carbonyl (C=O) groups excluding carboxylic acids is 2. The number of amides is 1. The number of ketones is 1. The highest BCUT2D eigenvalue weighted by molar-refractivity contribution is 8.00. The Morgan fingerprint density at radius 2 is 1.64 bits per heavy atom. The number of benzene rings is 5. The van der Waals surface area contributed by atoms with Gasteiger partial charge in [-0.15, -0.1) is 10.2 Å². The first-order valence-corrected chi connectivity index (χ1v) is 16.5. The van der Waals surface area contributed by atoms with Crippen LogP contribution in [0, 0.1) is 12.7 Å². The standard InChI is InChI=1S/C37H26FN3O4S2/c1-22-17-18-25(20-30(22)38)33(42)31-32(24-11-8-15-28(19-24)45-27-13-3-2-4-14-27)41(35(44)34(31)43)36-39-40-37(47-36)46-21-26-12-7-10-23-9-5-6-16-29(23)26/h2-20,32,42H,21H2,1H3/t32-/m1/s1. The van der Waals surface area contributed by atoms with Gasteiger partial charge >= 0.3 is 5.91 Å². The molecule has 1 amide bonds. The first-order chi connectivity index (χ1) is 22.9. The molecule has 1 aromatic heterocycles. The van der Waals surface area contributed by atoms with E-state index in [1.807, 2.05) is 48.5 Å². The molecule has 1 aliphatic heterocycles. The zero-order valence-corrected chi connectivity index (χ0v) is 26.6. The van der Waals surface area contributed by atoms with Gasteiger partial charge in [0.15, 0.2) is 4.34 Å². The molecule has 1 N–H and O–H groups in total. The average molecular weight is 660 g/mol. The molecule has 47 heavy (non-hydrogen) atoms. The number of carbonyl (C=O) groups is 2. The maximum Gasteiger partial charge on any atom is 0.301 e. The normalized spacial score (nSPS) is 15.8. The maximum absolute atomic E-state index is 14.6. The molecule has 0 spiro atoms. The van der Waals surface area contributed by atoms with E-state index in [1.54, 1.807) is 31.2 Å². The first-order valence-electron chi connectivity index (χ1n) is 14.7. The van der Waals surface area contributed by atoms with Gasteiger partial charge in [0.2, 0.25) is 5.13 Å². The summed E-state index contributed by atoms with van der Waals surface area (Å²) in [4.78, 5) is 28.6. The lowest BCUT2D eigenvalue weighted by Crippen LogP contribution is -2.29. The fourth-order valence-electron chi connectivity index (χ4n) is 5.53. The van der Waals surface area contributed by atoms with Gasteiger partial charge in [-0.25, -0.2) is 4.39 Å². The molecule has 7 nitrogen and oxygen atoms in total. The lowest BCUT2D eigenvalue weighted by molar-refractivity contribution is -0.132. The summed E-state index contributed by atoms with van der Waals surface area (Å²) < 4.78 is 21.2. The summed E-state index contributed by atoms with van der Waals surface area (Å²) in [6.45, 7) is 1.60. The fraction of sp³-hybridized carbons (Fsp3) is 0.0811. The highest BCUT2D eigenvalue weighted by Gasteiger charge is 2.48. The SMILES string of the molecule is Cc1ccc(C(O)=C2C(=O)C(=O)N(c3nnc(SCc4cccc5ccccc45)s3)[C@@H]2c2cccc(Oc3ccccc3)c2)cc1F. The summed E-state index contributed by atoms with van der Waals surface area (Å²) >= 11 is 2.65. The number of para-hydroxylation sites is 1. The number of fused-ring (bicyclic) bond motifs is 1. The summed E-state index contributed by atoms with van der Waals surface area (Å²) in [7, 11) is 0. The third kappa shape index (κ3) is 6.00. The molecular formula is C37H26FN3O4S2. The molecule has 1 aliphatic rings. The van der Waals surface area contributed by atoms with E-state index in [2.05, 4.69) is 34.5 Å². The number of halogens is 1. The van der Waals surface area contributed by atoms with Gasteiger partial charge < -0.3 is 9.84 Å². The molecule has 2 heterocycles. The number of anilines is 1. The highest BCUT2D eigenvalue weighted by Crippen LogP contribution is 2.45. The first kappa shape index (κ1) is 30.3. The van der Waals surface area contributed by atoms with E-state index in [0.717, 1.165) is 22.4 Å². The van der Waals surface area contributed by atoms with Crippen molar-refractivity contribution in [3.8, 4) is 11.5 Å². The van der Waals surface area contributed by atoms with Crippen molar-refractivity contribution in [1.29, 1.82) is 0 Å². The van der Waals surface area contributed by atoms with Crippen LogP contribution in [0.4, 0.5) is 9.52 Å². The van der Waals surface area contributed by atoms with Gasteiger partial charge in [0.1, 0.15) is 23.1 Å². The number of thioether (sulfide) groups is 1. The highest BCUT2D eigenvalue weighted by atomic mass is 32.2. The van der Waals surface area contributed by atoms with Crippen LogP contribution in [0.2, 0.25) is 0 Å². The zero-order valence-electron chi connectivity index (χ0n) is 25.0. The van der Waals surface area contributed by atoms with E-state index in [1.165, 1.54) is 40.1 Å². The van der Waals surface area contributed by atoms with Gasteiger partial charge in [-0.2, -0.15) is 0 Å². The van der Waals surface area contributed by atoms with Crippen LogP contribution in [0.15, 0.2) is 125 Å². The molecule has 10 heteroatoms. The predicted octanol–water partition coefficient (Wildman–Crippen LogP) is 8.85. The van der Waals surface area contributed by atoms with Crippen molar-refractivity contribution in [2.24, 2.45) is 0 Å². The Labute approximate surface area is 278 Å². The Morgan fingerprint density at radius 3 is 2.47 bits per heavy atom. The zero-order chi connectivity index (χ0) is 32.5. The van der Waals surface area contributed by atoms with Crippen molar-refractivity contribution in [2.45, 2.75) is 23.1 Å². The predicted molar refractivity (Wildman–Crippen MR) is 182 cm³/mol. The summed E-state index contributed by atoms with van der Waals surface area (Å²) in [6.07, 6.45) is 0. The third-order valence-electron chi connectivity index (χ3n) is 7.88. The number of rotatable bonds is 8. The Kier molecular flexibility index (Phi) is 8.28. The number of hydrogen-bond donors (Lipinski definition) is 1. The largest absolute Gasteiger partial charge is 0.507 e. The number of aliphatic hydroxyl groups is 1. The van der Waals surface area contributed by atoms with Crippen LogP contribution in [-0.4, -0.2) is 27.0 Å². The molecular weight excluding hydrogens is 634 g/mol. The van der Waals surface area contributed by atoms with Crippen LogP contribution in [0.3, 0.4) is 0 Å². The topological polar surface area (TPSA) is 92.6 Å². The second-order valence-corrected chi connectivity index (χ2v) is 13.1. The van der Waals surface area contributed by atoms with Gasteiger partial charge in [0.25, 0.3) is 5.78 Å². The van der Waals surface area contributed by atoms with Gasteiger partial charge in [0.05, 0.1) is 11.6 Å². The van der Waals surface area contributed by atoms with Crippen molar-refractivity contribution in [2.75, 3.05) is 4.90 Å². The lowest BCUT2D eigenvalue weighted by atomic mass is 9.95. The molecule has 0 radical (unpaired) electrons. The Morgan fingerprint density at radius 1 is 0.894 bits per heavy atom. The summed E-state index contributed by atoms with van der Waals surface area (Å²) in [5.74, 6) is -1.14. The summed E-state index contributed by atoms with van der Waals surface area (Å²) in [5, 5.41) is 22.6. The number of aliphatic hydroxyl groups excluding tert-OH is 1. The average Bonchev–Trinajstić information content (AvgIpc) is 3.66. The van der Waals surface area contributed by atoms with E-state index in [-0.39, 0.29) is 16.3 Å². The Balaban J connectivity index is 1.27. The van der Waals surface area contributed by atoms with Gasteiger partial charge in [0, 0.05) is 11.3 Å². The Hall–Kier alpha value is -5.32. The molecule has 0 saturated carbocycles. The molecule has 0 unspecified atom stereocenters. The molecule has 0 aliphatic carbocycles. The molecule has 6 aromatic rings. The number of aryl methyl sites for hydroxylation is 1. The van der Waals surface area contributed by atoms with E-state index < -0.39 is 29.3 Å². The Bertz CT molecular complexity index is 2180. The number of hydrogen-bond acceptors (Lipinski definition) is 8. The minimum atomic E-state index is -1.08. The second-order valence-electron chi connectivity index (χ2n) is 10.9. The van der Waals surface area contributed by atoms with Gasteiger partial charge in [-0.3, -0.25) is 14.5 Å². The van der Waals surface area contributed by atoms with Crippen LogP contribution in [0.5, 0.6) is 11.5 Å². The molecule has 1 fully saturated rings. The van der Waals surface area contributed by atoms with Crippen molar-refractivity contribution in [3.63, 3.8) is 0 Å². The number of aromatic nitrogens is 2. The third-order valence-corrected chi connectivity index (χ3v) is 9.98. The number of ether oxygens (including phenoxy) is 1. The van der Waals surface area contributed by atoms with E-state index in [0.29, 0.717) is 32.7 Å². The van der Waals surface area contributed by atoms with E-state index in [9.17, 15) is 19.1 Å². The summed E-state index contributed by atoms with van der Waals surface area (Å²) in [6, 6.07) is 33.5. The minimum Gasteiger partial charge on any atom is -0.507 e. The molecule has 232 valence electrons. The molecule has 7 rings (SSSR count). The van der Waals surface area contributed by atoms with Crippen LogP contribution in [0.25, 0.3) is 16.5 Å². The smallest absolute Gasteiger partial charge is 0.301 e. The molecule has 1 atom stereocenters. The fourth-order valence-corrected chi connectivity index (χ4v) is 7.40. The van der Waals surface area contributed by atoms with Crippen LogP contribution < -0.4 is 9.64 Å². The number of Topliss-reactive ketones (excluding diaryl/α,β-unsaturated/α-hetero) is 1. The quantitative estimate of drug-likeness (QED) is 0.0574. The van der Waals surface area contributed by atoms with Crippen molar-refractivity contribution in [3.05, 3.63) is 149 Å². The van der Waals surface area contributed by atoms with E-state index in [4.69, 9.17) is 4.74 Å². The van der Waals surface area contributed by atoms with Crippen molar-refractivity contribution in [1.82, 2.24) is 10.2 Å². The second kappa shape index (κ2) is 12.8. The van der Waals surface area contributed by atoms with Crippen LogP contribution in [0.1, 0.15) is 28.3 Å². The number of nitrogens with zero attached hydrogens (tertiary/aromatic N) is 3. The molecule has 0 bridgehead atoms. The maximum atomic E-state index is 14.6. The lowest BCUT2D eigenvalue weighted by Gasteiger charge is -2.23. The van der Waals surface area contributed by atoms with Gasteiger partial charge in [-0.05, 0) is 64.7 Å². The molecule has 1 saturated heterocycles. The van der Waals surface area contributed by atoms with Crippen molar-refractivity contribution < 1.29 is 23.8 Å². The minimum absolute atomic E-state index is 0.0800. The molecule has 5 aromatic carbocycles. The van der Waals surface area contributed by atoms with Gasteiger partial charge in [-0.1, -0.05) is 108 Å². The summed E-state index contributed by atoms with van der Waals surface area (Å²) in [5.41, 5.74) is 1.90. The van der Waals surface area contributed by atoms with E-state index >= 15 is 0 Å². The monoisotopic (exact) mass is 659 g/mol. The van der Waals surface area contributed by atoms with Crippen LogP contribution in [-0.2, 0) is 15.3 Å². The van der Waals surface area contributed by atoms with Crippen molar-refractivity contribution >= 4 is 56.5 Å². The van der Waals surface area contributed by atoms with Crippen LogP contribution >= 0.6 is 23.1 Å².